The second-order valence-corrected chi connectivity index (χ2v) is 6.92. The minimum absolute atomic E-state index is 0.0991. The average molecular weight is 342 g/mol. The largest absolute Gasteiger partial charge is 0.497 e. The summed E-state index contributed by atoms with van der Waals surface area (Å²) >= 11 is 1.66. The first-order valence-electron chi connectivity index (χ1n) is 8.09. The third-order valence-corrected chi connectivity index (χ3v) is 5.48. The van der Waals surface area contributed by atoms with Gasteiger partial charge in [0.25, 0.3) is 0 Å². The van der Waals surface area contributed by atoms with Crippen molar-refractivity contribution < 1.29 is 9.53 Å². The van der Waals surface area contributed by atoms with Crippen LogP contribution in [0.25, 0.3) is 0 Å². The Balaban J connectivity index is 1.87. The molecule has 2 aromatic rings. The van der Waals surface area contributed by atoms with Crippen LogP contribution in [0.15, 0.2) is 47.4 Å². The van der Waals surface area contributed by atoms with Gasteiger partial charge in [-0.05, 0) is 49.2 Å². The van der Waals surface area contributed by atoms with Gasteiger partial charge in [-0.15, -0.1) is 11.8 Å². The Morgan fingerprint density at radius 1 is 1.21 bits per heavy atom. The highest BCUT2D eigenvalue weighted by Crippen LogP contribution is 2.41. The van der Waals surface area contributed by atoms with E-state index in [1.165, 1.54) is 0 Å². The molecule has 0 saturated heterocycles. The summed E-state index contributed by atoms with van der Waals surface area (Å²) in [5.41, 5.74) is 3.22. The van der Waals surface area contributed by atoms with E-state index < -0.39 is 0 Å². The Bertz CT molecular complexity index is 731. The number of anilines is 2. The summed E-state index contributed by atoms with van der Waals surface area (Å²) in [6, 6.07) is 14.1. The Labute approximate surface area is 147 Å². The highest BCUT2D eigenvalue weighted by Gasteiger charge is 2.32. The maximum absolute atomic E-state index is 12.9. The van der Waals surface area contributed by atoms with E-state index in [4.69, 9.17) is 4.74 Å². The summed E-state index contributed by atoms with van der Waals surface area (Å²) in [5, 5.41) is 3.07. The third-order valence-electron chi connectivity index (χ3n) is 4.25. The van der Waals surface area contributed by atoms with Gasteiger partial charge in [0.2, 0.25) is 5.91 Å². The number of carbonyl (C=O) groups excluding carboxylic acids is 1. The smallest absolute Gasteiger partial charge is 0.240 e. The van der Waals surface area contributed by atoms with Crippen LogP contribution in [-0.4, -0.2) is 31.9 Å². The number of benzene rings is 2. The molecule has 5 heteroatoms. The van der Waals surface area contributed by atoms with Crippen molar-refractivity contribution >= 4 is 29.0 Å². The van der Waals surface area contributed by atoms with Crippen molar-refractivity contribution in [3.8, 4) is 5.75 Å². The molecule has 0 fully saturated rings. The number of rotatable bonds is 5. The first-order chi connectivity index (χ1) is 11.7. The molecule has 1 heterocycles. The van der Waals surface area contributed by atoms with Gasteiger partial charge in [-0.1, -0.05) is 12.1 Å². The number of methoxy groups -OCH3 is 1. The molecule has 126 valence electrons. The fourth-order valence-electron chi connectivity index (χ4n) is 2.91. The lowest BCUT2D eigenvalue weighted by Gasteiger charge is -2.33. The molecule has 0 aromatic heterocycles. The van der Waals surface area contributed by atoms with Crippen LogP contribution in [0.2, 0.25) is 0 Å². The van der Waals surface area contributed by atoms with Crippen LogP contribution in [0, 0.1) is 0 Å². The molecule has 0 saturated carbocycles. The van der Waals surface area contributed by atoms with Crippen molar-refractivity contribution in [1.29, 1.82) is 0 Å². The van der Waals surface area contributed by atoms with Gasteiger partial charge >= 0.3 is 0 Å². The SMILES string of the molecule is CCN1C(=O)C(Cc2ccc(OC)cc2)Sc2cc(NC)ccc21. The standard InChI is InChI=1S/C19H22N2O2S/c1-4-21-16-10-7-14(20-2)12-17(16)24-18(19(21)22)11-13-5-8-15(23-3)9-6-13/h5-10,12,18,20H,4,11H2,1-3H3. The van der Waals surface area contributed by atoms with Crippen molar-refractivity contribution in [3.63, 3.8) is 0 Å². The molecule has 1 N–H and O–H groups in total. The summed E-state index contributed by atoms with van der Waals surface area (Å²) < 4.78 is 5.20. The monoisotopic (exact) mass is 342 g/mol. The maximum atomic E-state index is 12.9. The highest BCUT2D eigenvalue weighted by atomic mass is 32.2. The lowest BCUT2D eigenvalue weighted by Crippen LogP contribution is -2.41. The number of hydrogen-bond acceptors (Lipinski definition) is 4. The number of amides is 1. The summed E-state index contributed by atoms with van der Waals surface area (Å²) in [7, 11) is 3.57. The number of carbonyl (C=O) groups is 1. The molecular weight excluding hydrogens is 320 g/mol. The van der Waals surface area contributed by atoms with Gasteiger partial charge in [0.15, 0.2) is 0 Å². The van der Waals surface area contributed by atoms with Crippen molar-refractivity contribution in [1.82, 2.24) is 0 Å². The first-order valence-corrected chi connectivity index (χ1v) is 8.97. The summed E-state index contributed by atoms with van der Waals surface area (Å²) in [5.74, 6) is 1.02. The molecule has 1 aliphatic rings. The van der Waals surface area contributed by atoms with Crippen LogP contribution < -0.4 is 15.0 Å². The quantitative estimate of drug-likeness (QED) is 0.897. The fraction of sp³-hybridized carbons (Fsp3) is 0.316. The van der Waals surface area contributed by atoms with Gasteiger partial charge in [0.1, 0.15) is 5.75 Å². The lowest BCUT2D eigenvalue weighted by molar-refractivity contribution is -0.118. The van der Waals surface area contributed by atoms with E-state index in [-0.39, 0.29) is 11.2 Å². The van der Waals surface area contributed by atoms with E-state index in [1.807, 2.05) is 55.3 Å². The highest BCUT2D eigenvalue weighted by molar-refractivity contribution is 8.01. The second-order valence-electron chi connectivity index (χ2n) is 5.67. The van der Waals surface area contributed by atoms with E-state index in [9.17, 15) is 4.79 Å². The molecule has 4 nitrogen and oxygen atoms in total. The van der Waals surface area contributed by atoms with Crippen molar-refractivity contribution in [2.45, 2.75) is 23.5 Å². The van der Waals surface area contributed by atoms with Crippen molar-refractivity contribution in [2.75, 3.05) is 30.9 Å². The Hall–Kier alpha value is -2.14. The lowest BCUT2D eigenvalue weighted by atomic mass is 10.1. The molecule has 0 radical (unpaired) electrons. The number of fused-ring (bicyclic) bond motifs is 1. The van der Waals surface area contributed by atoms with Crippen LogP contribution in [0.3, 0.4) is 0 Å². The summed E-state index contributed by atoms with van der Waals surface area (Å²) in [6.45, 7) is 2.71. The molecule has 0 bridgehead atoms. The number of nitrogens with one attached hydrogen (secondary N) is 1. The number of hydrogen-bond donors (Lipinski definition) is 1. The molecule has 2 aromatic carbocycles. The number of nitrogens with zero attached hydrogens (tertiary/aromatic N) is 1. The Morgan fingerprint density at radius 3 is 2.58 bits per heavy atom. The van der Waals surface area contributed by atoms with Crippen LogP contribution >= 0.6 is 11.8 Å². The van der Waals surface area contributed by atoms with E-state index in [0.717, 1.165) is 27.6 Å². The number of thioether (sulfide) groups is 1. The minimum atomic E-state index is -0.0991. The van der Waals surface area contributed by atoms with Gasteiger partial charge in [0, 0.05) is 24.2 Å². The molecule has 1 atom stereocenters. The van der Waals surface area contributed by atoms with Crippen molar-refractivity contribution in [3.05, 3.63) is 48.0 Å². The van der Waals surface area contributed by atoms with Crippen LogP contribution in [-0.2, 0) is 11.2 Å². The molecule has 1 unspecified atom stereocenters. The first kappa shape index (κ1) is 16.7. The normalized spacial score (nSPS) is 16.7. The van der Waals surface area contributed by atoms with Gasteiger partial charge in [-0.25, -0.2) is 0 Å². The number of ether oxygens (including phenoxy) is 1. The maximum Gasteiger partial charge on any atom is 0.240 e. The fourth-order valence-corrected chi connectivity index (χ4v) is 4.22. The van der Waals surface area contributed by atoms with Crippen LogP contribution in [0.4, 0.5) is 11.4 Å². The zero-order valence-corrected chi connectivity index (χ0v) is 15.0. The summed E-state index contributed by atoms with van der Waals surface area (Å²) in [4.78, 5) is 15.9. The van der Waals surface area contributed by atoms with Crippen molar-refractivity contribution in [2.24, 2.45) is 0 Å². The Morgan fingerprint density at radius 2 is 1.96 bits per heavy atom. The van der Waals surface area contributed by atoms with E-state index in [0.29, 0.717) is 13.0 Å². The predicted molar refractivity (Wildman–Crippen MR) is 100 cm³/mol. The Kier molecular flexibility index (Phi) is 5.00. The summed E-state index contributed by atoms with van der Waals surface area (Å²) in [6.07, 6.45) is 0.715. The molecule has 1 amide bonds. The minimum Gasteiger partial charge on any atom is -0.497 e. The van der Waals surface area contributed by atoms with E-state index >= 15 is 0 Å². The molecule has 0 spiro atoms. The molecule has 24 heavy (non-hydrogen) atoms. The molecular formula is C19H22N2O2S. The zero-order valence-electron chi connectivity index (χ0n) is 14.2. The van der Waals surface area contributed by atoms with E-state index in [2.05, 4.69) is 11.4 Å². The van der Waals surface area contributed by atoms with Gasteiger partial charge in [-0.2, -0.15) is 0 Å². The average Bonchev–Trinajstić information content (AvgIpc) is 2.62. The van der Waals surface area contributed by atoms with Crippen LogP contribution in [0.1, 0.15) is 12.5 Å². The third kappa shape index (κ3) is 3.22. The predicted octanol–water partition coefficient (Wildman–Crippen LogP) is 3.81. The zero-order chi connectivity index (χ0) is 17.1. The molecule has 0 aliphatic carbocycles. The van der Waals surface area contributed by atoms with Gasteiger partial charge in [-0.3, -0.25) is 4.79 Å². The molecule has 1 aliphatic heterocycles. The van der Waals surface area contributed by atoms with Gasteiger partial charge in [0.05, 0.1) is 18.0 Å². The van der Waals surface area contributed by atoms with Gasteiger partial charge < -0.3 is 15.0 Å². The van der Waals surface area contributed by atoms with Crippen LogP contribution in [0.5, 0.6) is 5.75 Å². The second kappa shape index (κ2) is 7.18. The van der Waals surface area contributed by atoms with E-state index in [1.54, 1.807) is 18.9 Å². The molecule has 3 rings (SSSR count). The topological polar surface area (TPSA) is 41.6 Å².